The predicted molar refractivity (Wildman–Crippen MR) is 137 cm³/mol. The van der Waals surface area contributed by atoms with Crippen LogP contribution in [0.1, 0.15) is 44.7 Å². The topological polar surface area (TPSA) is 146 Å². The normalized spacial score (nSPS) is 11.7. The molecular weight excluding hydrogens is 478 g/mol. The molecule has 2 rings (SSSR count). The van der Waals surface area contributed by atoms with Crippen molar-refractivity contribution in [3.05, 3.63) is 59.7 Å². The Labute approximate surface area is 216 Å². The molecule has 0 saturated carbocycles. The Bertz CT molecular complexity index is 1080. The van der Waals surface area contributed by atoms with Crippen molar-refractivity contribution in [2.45, 2.75) is 58.1 Å². The number of hydrogen-bond acceptors (Lipinski definition) is 7. The molecule has 0 saturated heterocycles. The first-order chi connectivity index (χ1) is 17.4. The van der Waals surface area contributed by atoms with E-state index in [1.165, 1.54) is 7.11 Å². The molecule has 0 aliphatic rings. The van der Waals surface area contributed by atoms with Crippen molar-refractivity contribution in [2.24, 2.45) is 5.73 Å². The van der Waals surface area contributed by atoms with Gasteiger partial charge in [0.05, 0.1) is 13.5 Å². The minimum atomic E-state index is -1.13. The molecule has 10 heteroatoms. The molecule has 0 aliphatic carbocycles. The van der Waals surface area contributed by atoms with Crippen molar-refractivity contribution < 1.29 is 33.4 Å². The minimum Gasteiger partial charge on any atom is -0.469 e. The molecular formula is C27H35N3O7. The molecule has 10 nitrogen and oxygen atoms in total. The summed E-state index contributed by atoms with van der Waals surface area (Å²) in [6.45, 7) is 5.36. The predicted octanol–water partition coefficient (Wildman–Crippen LogP) is 3.01. The smallest absolute Gasteiger partial charge is 0.408 e. The first-order valence-electron chi connectivity index (χ1n) is 11.9. The van der Waals surface area contributed by atoms with Crippen LogP contribution in [0.25, 0.3) is 0 Å². The number of alkyl carbamates (subject to hydrolysis) is 1. The van der Waals surface area contributed by atoms with E-state index in [0.29, 0.717) is 30.8 Å². The van der Waals surface area contributed by atoms with Crippen molar-refractivity contribution >= 4 is 23.9 Å². The SMILES string of the molecule is COC(=O)CCc1cccc(Oc2ccc(CCNC(=O)[C@H](CC(N)=O)NC(=O)OC(C)(C)C)cc2)c1. The number of esters is 1. The van der Waals surface area contributed by atoms with Gasteiger partial charge >= 0.3 is 12.1 Å². The fraction of sp³-hybridized carbons (Fsp3) is 0.407. The number of nitrogens with one attached hydrogen (secondary N) is 2. The molecule has 200 valence electrons. The number of benzene rings is 2. The van der Waals surface area contributed by atoms with Crippen LogP contribution in [0.15, 0.2) is 48.5 Å². The van der Waals surface area contributed by atoms with Gasteiger partial charge < -0.3 is 30.6 Å². The van der Waals surface area contributed by atoms with Crippen LogP contribution in [0.2, 0.25) is 0 Å². The zero-order chi connectivity index (χ0) is 27.4. The third kappa shape index (κ3) is 11.5. The van der Waals surface area contributed by atoms with Crippen LogP contribution >= 0.6 is 0 Å². The zero-order valence-corrected chi connectivity index (χ0v) is 21.7. The molecule has 0 radical (unpaired) electrons. The van der Waals surface area contributed by atoms with Crippen molar-refractivity contribution in [3.63, 3.8) is 0 Å². The monoisotopic (exact) mass is 513 g/mol. The summed E-state index contributed by atoms with van der Waals surface area (Å²) in [7, 11) is 1.37. The van der Waals surface area contributed by atoms with Crippen molar-refractivity contribution in [1.82, 2.24) is 10.6 Å². The van der Waals surface area contributed by atoms with Gasteiger partial charge in [-0.2, -0.15) is 0 Å². The Balaban J connectivity index is 1.86. The summed E-state index contributed by atoms with van der Waals surface area (Å²) in [6, 6.07) is 13.7. The van der Waals surface area contributed by atoms with E-state index in [2.05, 4.69) is 15.4 Å². The summed E-state index contributed by atoms with van der Waals surface area (Å²) in [5.41, 5.74) is 6.39. The maximum Gasteiger partial charge on any atom is 0.408 e. The Morgan fingerprint density at radius 2 is 1.65 bits per heavy atom. The lowest BCUT2D eigenvalue weighted by atomic mass is 10.1. The summed E-state index contributed by atoms with van der Waals surface area (Å²) in [5.74, 6) is -0.223. The van der Waals surface area contributed by atoms with E-state index < -0.39 is 29.6 Å². The second kappa shape index (κ2) is 13.9. The molecule has 0 aliphatic heterocycles. The number of nitrogens with two attached hydrogens (primary N) is 1. The largest absolute Gasteiger partial charge is 0.469 e. The summed E-state index contributed by atoms with van der Waals surface area (Å²) >= 11 is 0. The fourth-order valence-corrected chi connectivity index (χ4v) is 3.29. The van der Waals surface area contributed by atoms with Gasteiger partial charge in [0.1, 0.15) is 23.1 Å². The highest BCUT2D eigenvalue weighted by Crippen LogP contribution is 2.23. The van der Waals surface area contributed by atoms with E-state index in [1.807, 2.05) is 48.5 Å². The van der Waals surface area contributed by atoms with Gasteiger partial charge in [-0.1, -0.05) is 24.3 Å². The quantitative estimate of drug-likeness (QED) is 0.370. The van der Waals surface area contributed by atoms with Crippen molar-refractivity contribution in [3.8, 4) is 11.5 Å². The van der Waals surface area contributed by atoms with Crippen molar-refractivity contribution in [1.29, 1.82) is 0 Å². The van der Waals surface area contributed by atoms with Crippen molar-refractivity contribution in [2.75, 3.05) is 13.7 Å². The lowest BCUT2D eigenvalue weighted by Gasteiger charge is -2.22. The molecule has 2 aromatic carbocycles. The lowest BCUT2D eigenvalue weighted by molar-refractivity contribution is -0.140. The van der Waals surface area contributed by atoms with Gasteiger partial charge in [0, 0.05) is 13.0 Å². The van der Waals surface area contributed by atoms with Gasteiger partial charge in [-0.3, -0.25) is 14.4 Å². The molecule has 2 aromatic rings. The van der Waals surface area contributed by atoms with E-state index in [9.17, 15) is 19.2 Å². The van der Waals surface area contributed by atoms with E-state index in [4.69, 9.17) is 15.2 Å². The summed E-state index contributed by atoms with van der Waals surface area (Å²) in [5, 5.41) is 5.10. The average Bonchev–Trinajstić information content (AvgIpc) is 2.82. The fourth-order valence-electron chi connectivity index (χ4n) is 3.29. The molecule has 0 bridgehead atoms. The van der Waals surface area contributed by atoms with E-state index >= 15 is 0 Å². The number of methoxy groups -OCH3 is 1. The maximum atomic E-state index is 12.5. The number of amides is 3. The molecule has 0 fully saturated rings. The number of carbonyl (C=O) groups excluding carboxylic acids is 4. The maximum absolute atomic E-state index is 12.5. The first kappa shape index (κ1) is 29.2. The highest BCUT2D eigenvalue weighted by Gasteiger charge is 2.25. The van der Waals surface area contributed by atoms with Gasteiger partial charge in [0.15, 0.2) is 0 Å². The standard InChI is InChI=1S/C27H35N3O7/c1-27(2,3)37-26(34)30-22(17-23(28)31)25(33)29-15-14-18-8-11-20(12-9-18)36-21-7-5-6-19(16-21)10-13-24(32)35-4/h5-9,11-12,16,22H,10,13-15,17H2,1-4H3,(H2,28,31)(H,29,33)(H,30,34)/t22-/m0/s1. The number of carbonyl (C=O) groups is 4. The molecule has 0 heterocycles. The molecule has 37 heavy (non-hydrogen) atoms. The van der Waals surface area contributed by atoms with Crippen LogP contribution in [0.3, 0.4) is 0 Å². The molecule has 0 unspecified atom stereocenters. The van der Waals surface area contributed by atoms with Gasteiger partial charge in [0.2, 0.25) is 11.8 Å². The summed E-state index contributed by atoms with van der Waals surface area (Å²) in [4.78, 5) is 47.2. The second-order valence-corrected chi connectivity index (χ2v) is 9.38. The van der Waals surface area contributed by atoms with Gasteiger partial charge in [0.25, 0.3) is 0 Å². The highest BCUT2D eigenvalue weighted by atomic mass is 16.6. The highest BCUT2D eigenvalue weighted by molar-refractivity contribution is 5.90. The molecule has 0 aromatic heterocycles. The lowest BCUT2D eigenvalue weighted by Crippen LogP contribution is -2.50. The molecule has 3 amide bonds. The third-order valence-electron chi connectivity index (χ3n) is 5.03. The number of aryl methyl sites for hydroxylation is 1. The van der Waals surface area contributed by atoms with E-state index in [0.717, 1.165) is 11.1 Å². The van der Waals surface area contributed by atoms with Crippen LogP contribution < -0.4 is 21.1 Å². The average molecular weight is 514 g/mol. The van der Waals surface area contributed by atoms with Gasteiger partial charge in [-0.15, -0.1) is 0 Å². The molecule has 1 atom stereocenters. The first-order valence-corrected chi connectivity index (χ1v) is 11.9. The zero-order valence-electron chi connectivity index (χ0n) is 21.7. The third-order valence-corrected chi connectivity index (χ3v) is 5.03. The van der Waals surface area contributed by atoms with Crippen LogP contribution in [0.5, 0.6) is 11.5 Å². The van der Waals surface area contributed by atoms with Gasteiger partial charge in [-0.05, 0) is 69.0 Å². The number of hydrogen-bond donors (Lipinski definition) is 3. The summed E-state index contributed by atoms with van der Waals surface area (Å²) < 4.78 is 15.7. The van der Waals surface area contributed by atoms with Gasteiger partial charge in [-0.25, -0.2) is 4.79 Å². The van der Waals surface area contributed by atoms with E-state index in [-0.39, 0.29) is 18.9 Å². The number of rotatable bonds is 12. The molecule has 0 spiro atoms. The Kier molecular flexibility index (Phi) is 10.9. The van der Waals surface area contributed by atoms with E-state index in [1.54, 1.807) is 20.8 Å². The number of primary amides is 1. The molecule has 4 N–H and O–H groups in total. The number of ether oxygens (including phenoxy) is 3. The Morgan fingerprint density at radius 3 is 2.27 bits per heavy atom. The second-order valence-electron chi connectivity index (χ2n) is 9.38. The van der Waals surface area contributed by atoms with Crippen LogP contribution in [-0.2, 0) is 36.7 Å². The summed E-state index contributed by atoms with van der Waals surface area (Å²) in [6.07, 6.45) is 0.220. The van der Waals surface area contributed by atoms with Crippen LogP contribution in [0, 0.1) is 0 Å². The van der Waals surface area contributed by atoms with Crippen LogP contribution in [-0.4, -0.2) is 49.2 Å². The Hall–Kier alpha value is -4.08. The van der Waals surface area contributed by atoms with Crippen LogP contribution in [0.4, 0.5) is 4.79 Å². The Morgan fingerprint density at radius 1 is 0.946 bits per heavy atom. The minimum absolute atomic E-state index is 0.263.